The van der Waals surface area contributed by atoms with Crippen molar-refractivity contribution in [2.24, 2.45) is 5.73 Å². The molecule has 0 saturated carbocycles. The summed E-state index contributed by atoms with van der Waals surface area (Å²) in [6, 6.07) is 9.38. The van der Waals surface area contributed by atoms with E-state index < -0.39 is 0 Å². The summed E-state index contributed by atoms with van der Waals surface area (Å²) in [6.45, 7) is 6.49. The van der Waals surface area contributed by atoms with Crippen molar-refractivity contribution in [3.8, 4) is 11.8 Å². The zero-order chi connectivity index (χ0) is 14.5. The topological polar surface area (TPSA) is 32.5 Å². The predicted molar refractivity (Wildman–Crippen MR) is 86.9 cm³/mol. The normalized spacial score (nSPS) is 23.2. The van der Waals surface area contributed by atoms with Crippen molar-refractivity contribution in [3.05, 3.63) is 35.4 Å². The third-order valence-electron chi connectivity index (χ3n) is 4.56. The summed E-state index contributed by atoms with van der Waals surface area (Å²) in [7, 11) is 0. The highest BCUT2D eigenvalue weighted by Gasteiger charge is 2.28. The maximum atomic E-state index is 5.44. The van der Waals surface area contributed by atoms with Gasteiger partial charge >= 0.3 is 0 Å². The van der Waals surface area contributed by atoms with Crippen LogP contribution in [0, 0.1) is 11.8 Å². The van der Waals surface area contributed by atoms with Crippen molar-refractivity contribution < 1.29 is 0 Å². The van der Waals surface area contributed by atoms with Gasteiger partial charge < -0.3 is 5.73 Å². The summed E-state index contributed by atoms with van der Waals surface area (Å²) < 4.78 is 0. The van der Waals surface area contributed by atoms with E-state index in [1.807, 2.05) is 0 Å². The lowest BCUT2D eigenvalue weighted by molar-refractivity contribution is 0.215. The molecular weight excluding hydrogens is 258 g/mol. The Kier molecular flexibility index (Phi) is 4.92. The number of nitrogens with two attached hydrogens (primary N) is 1. The zero-order valence-electron chi connectivity index (χ0n) is 12.7. The van der Waals surface area contributed by atoms with Gasteiger partial charge in [0.05, 0.1) is 6.54 Å². The van der Waals surface area contributed by atoms with Crippen molar-refractivity contribution in [1.82, 2.24) is 9.80 Å². The fraction of sp³-hybridized carbons (Fsp3) is 0.556. The molecule has 3 rings (SSSR count). The molecule has 3 nitrogen and oxygen atoms in total. The van der Waals surface area contributed by atoms with Crippen LogP contribution in [0.4, 0.5) is 0 Å². The van der Waals surface area contributed by atoms with Crippen molar-refractivity contribution >= 4 is 0 Å². The third-order valence-corrected chi connectivity index (χ3v) is 4.56. The third kappa shape index (κ3) is 3.85. The van der Waals surface area contributed by atoms with E-state index in [1.165, 1.54) is 51.0 Å². The number of benzene rings is 1. The van der Waals surface area contributed by atoms with Crippen LogP contribution in [-0.4, -0.2) is 48.6 Å². The summed E-state index contributed by atoms with van der Waals surface area (Å²) in [5.41, 5.74) is 7.89. The first-order chi connectivity index (χ1) is 10.3. The standard InChI is InChI=1S/C18H25N3/c19-9-2-7-16-5-1-6-17(13-16)14-20-10-4-12-21-11-3-8-18(21)15-20/h1,5-6,13,18H,3-4,8-12,14-15,19H2. The van der Waals surface area contributed by atoms with Gasteiger partial charge in [-0.3, -0.25) is 9.80 Å². The molecule has 3 heteroatoms. The molecule has 1 aromatic rings. The van der Waals surface area contributed by atoms with E-state index in [1.54, 1.807) is 0 Å². The second-order valence-corrected chi connectivity index (χ2v) is 6.13. The molecule has 2 aliphatic rings. The Bertz CT molecular complexity index is 529. The molecule has 21 heavy (non-hydrogen) atoms. The molecule has 1 unspecified atom stereocenters. The molecule has 1 atom stereocenters. The van der Waals surface area contributed by atoms with Crippen LogP contribution in [0.2, 0.25) is 0 Å². The van der Waals surface area contributed by atoms with Crippen LogP contribution in [0.25, 0.3) is 0 Å². The largest absolute Gasteiger partial charge is 0.320 e. The van der Waals surface area contributed by atoms with E-state index >= 15 is 0 Å². The minimum Gasteiger partial charge on any atom is -0.320 e. The van der Waals surface area contributed by atoms with Gasteiger partial charge in [0.15, 0.2) is 0 Å². The van der Waals surface area contributed by atoms with Gasteiger partial charge in [-0.15, -0.1) is 0 Å². The summed E-state index contributed by atoms with van der Waals surface area (Å²) in [4.78, 5) is 5.30. The van der Waals surface area contributed by atoms with E-state index in [0.29, 0.717) is 6.54 Å². The highest BCUT2D eigenvalue weighted by molar-refractivity contribution is 5.37. The van der Waals surface area contributed by atoms with E-state index in [9.17, 15) is 0 Å². The minimum atomic E-state index is 0.424. The molecule has 2 saturated heterocycles. The van der Waals surface area contributed by atoms with Gasteiger partial charge in [0.25, 0.3) is 0 Å². The van der Waals surface area contributed by atoms with E-state index in [2.05, 4.69) is 45.9 Å². The average Bonchev–Trinajstić information content (AvgIpc) is 2.84. The van der Waals surface area contributed by atoms with E-state index in [4.69, 9.17) is 5.73 Å². The lowest BCUT2D eigenvalue weighted by Crippen LogP contribution is -2.36. The highest BCUT2D eigenvalue weighted by Crippen LogP contribution is 2.22. The quantitative estimate of drug-likeness (QED) is 0.838. The SMILES string of the molecule is NCC#Cc1cccc(CN2CCCN3CCCC3C2)c1. The van der Waals surface area contributed by atoms with Crippen LogP contribution in [0.15, 0.2) is 24.3 Å². The molecular formula is C18H25N3. The Morgan fingerprint density at radius 2 is 2.10 bits per heavy atom. The molecule has 0 aliphatic carbocycles. The number of fused-ring (bicyclic) bond motifs is 1. The maximum Gasteiger partial charge on any atom is 0.0555 e. The molecule has 2 fully saturated rings. The fourth-order valence-corrected chi connectivity index (χ4v) is 3.59. The van der Waals surface area contributed by atoms with Gasteiger partial charge in [-0.25, -0.2) is 0 Å². The second kappa shape index (κ2) is 7.09. The molecule has 0 amide bonds. The Balaban J connectivity index is 1.65. The molecule has 2 N–H and O–H groups in total. The molecule has 112 valence electrons. The first kappa shape index (κ1) is 14.6. The molecule has 2 aliphatic heterocycles. The lowest BCUT2D eigenvalue weighted by Gasteiger charge is -2.25. The number of nitrogens with zero attached hydrogens (tertiary/aromatic N) is 2. The molecule has 0 radical (unpaired) electrons. The number of rotatable bonds is 2. The summed E-state index contributed by atoms with van der Waals surface area (Å²) in [6.07, 6.45) is 4.05. The molecule has 0 bridgehead atoms. The zero-order valence-corrected chi connectivity index (χ0v) is 12.7. The number of hydrogen-bond donors (Lipinski definition) is 1. The number of hydrogen-bond acceptors (Lipinski definition) is 3. The molecule has 1 aromatic carbocycles. The molecule has 0 spiro atoms. The van der Waals surface area contributed by atoms with Gasteiger partial charge in [-0.05, 0) is 56.6 Å². The van der Waals surface area contributed by atoms with Gasteiger partial charge in [-0.1, -0.05) is 24.0 Å². The Labute approximate surface area is 128 Å². The van der Waals surface area contributed by atoms with Crippen LogP contribution >= 0.6 is 0 Å². The first-order valence-electron chi connectivity index (χ1n) is 8.09. The summed E-state index contributed by atoms with van der Waals surface area (Å²) in [5.74, 6) is 6.06. The summed E-state index contributed by atoms with van der Waals surface area (Å²) in [5, 5.41) is 0. The van der Waals surface area contributed by atoms with Crippen LogP contribution in [0.3, 0.4) is 0 Å². The van der Waals surface area contributed by atoms with Crippen molar-refractivity contribution in [2.45, 2.75) is 31.8 Å². The molecule has 2 heterocycles. The Morgan fingerprint density at radius 3 is 3.00 bits per heavy atom. The summed E-state index contributed by atoms with van der Waals surface area (Å²) >= 11 is 0. The van der Waals surface area contributed by atoms with Gasteiger partial charge in [0.2, 0.25) is 0 Å². The monoisotopic (exact) mass is 283 g/mol. The predicted octanol–water partition coefficient (Wildman–Crippen LogP) is 1.67. The average molecular weight is 283 g/mol. The minimum absolute atomic E-state index is 0.424. The second-order valence-electron chi connectivity index (χ2n) is 6.13. The fourth-order valence-electron chi connectivity index (χ4n) is 3.59. The first-order valence-corrected chi connectivity index (χ1v) is 8.09. The van der Waals surface area contributed by atoms with Gasteiger partial charge in [-0.2, -0.15) is 0 Å². The van der Waals surface area contributed by atoms with Crippen LogP contribution < -0.4 is 5.73 Å². The lowest BCUT2D eigenvalue weighted by atomic mass is 10.1. The smallest absolute Gasteiger partial charge is 0.0555 e. The van der Waals surface area contributed by atoms with Gasteiger partial charge in [0.1, 0.15) is 0 Å². The van der Waals surface area contributed by atoms with E-state index in [0.717, 1.165) is 18.2 Å². The van der Waals surface area contributed by atoms with Crippen molar-refractivity contribution in [3.63, 3.8) is 0 Å². The Hall–Kier alpha value is -1.34. The van der Waals surface area contributed by atoms with Crippen molar-refractivity contribution in [2.75, 3.05) is 32.7 Å². The Morgan fingerprint density at radius 1 is 1.19 bits per heavy atom. The highest BCUT2D eigenvalue weighted by atomic mass is 15.3. The molecule has 0 aromatic heterocycles. The van der Waals surface area contributed by atoms with E-state index in [-0.39, 0.29) is 0 Å². The van der Waals surface area contributed by atoms with Crippen molar-refractivity contribution in [1.29, 1.82) is 0 Å². The van der Waals surface area contributed by atoms with Crippen LogP contribution in [-0.2, 0) is 6.54 Å². The van der Waals surface area contributed by atoms with Crippen LogP contribution in [0.1, 0.15) is 30.4 Å². The van der Waals surface area contributed by atoms with Gasteiger partial charge in [0, 0.05) is 24.7 Å². The maximum absolute atomic E-state index is 5.44. The van der Waals surface area contributed by atoms with Crippen LogP contribution in [0.5, 0.6) is 0 Å².